The van der Waals surface area contributed by atoms with Crippen LogP contribution in [0.2, 0.25) is 0 Å². The Labute approximate surface area is 150 Å². The van der Waals surface area contributed by atoms with Gasteiger partial charge in [-0.05, 0) is 30.5 Å². The standard InChI is InChI=1S/C17H26FN3.HI/c1-17(2,13-7-6-8-14(18)11-13)12-20-16(19-3)21-15-9-4-5-10-15;/h6-8,11,15H,4-5,9-10,12H2,1-3H3,(H2,19,20,21);1H. The second-order valence-corrected chi connectivity index (χ2v) is 6.45. The summed E-state index contributed by atoms with van der Waals surface area (Å²) >= 11 is 0. The van der Waals surface area contributed by atoms with E-state index < -0.39 is 0 Å². The molecule has 0 aromatic heterocycles. The molecule has 1 aliphatic carbocycles. The number of rotatable bonds is 4. The van der Waals surface area contributed by atoms with E-state index in [1.807, 2.05) is 6.07 Å². The van der Waals surface area contributed by atoms with Gasteiger partial charge in [0.25, 0.3) is 0 Å². The third-order valence-corrected chi connectivity index (χ3v) is 4.22. The Morgan fingerprint density at radius 3 is 2.59 bits per heavy atom. The number of halogens is 2. The van der Waals surface area contributed by atoms with Gasteiger partial charge in [-0.25, -0.2) is 4.39 Å². The van der Waals surface area contributed by atoms with Crippen LogP contribution in [0.4, 0.5) is 4.39 Å². The fourth-order valence-electron chi connectivity index (χ4n) is 2.77. The number of guanidine groups is 1. The monoisotopic (exact) mass is 419 g/mol. The molecule has 0 spiro atoms. The van der Waals surface area contributed by atoms with Gasteiger partial charge in [-0.2, -0.15) is 0 Å². The number of aliphatic imine (C=N–C) groups is 1. The van der Waals surface area contributed by atoms with Gasteiger partial charge in [0.1, 0.15) is 5.82 Å². The van der Waals surface area contributed by atoms with Crippen molar-refractivity contribution in [1.29, 1.82) is 0 Å². The van der Waals surface area contributed by atoms with E-state index in [0.717, 1.165) is 11.5 Å². The van der Waals surface area contributed by atoms with Crippen molar-refractivity contribution in [2.24, 2.45) is 4.99 Å². The second-order valence-electron chi connectivity index (χ2n) is 6.45. The van der Waals surface area contributed by atoms with Gasteiger partial charge in [-0.1, -0.05) is 38.8 Å². The van der Waals surface area contributed by atoms with Crippen LogP contribution in [-0.2, 0) is 5.41 Å². The Bertz CT molecular complexity index is 496. The molecule has 1 aliphatic rings. The topological polar surface area (TPSA) is 36.4 Å². The maximum absolute atomic E-state index is 13.4. The zero-order valence-electron chi connectivity index (χ0n) is 13.7. The quantitative estimate of drug-likeness (QED) is 0.442. The summed E-state index contributed by atoms with van der Waals surface area (Å²) in [5.74, 6) is 0.653. The fourth-order valence-corrected chi connectivity index (χ4v) is 2.77. The molecule has 1 saturated carbocycles. The van der Waals surface area contributed by atoms with Gasteiger partial charge in [0.2, 0.25) is 0 Å². The van der Waals surface area contributed by atoms with E-state index in [-0.39, 0.29) is 35.2 Å². The van der Waals surface area contributed by atoms with Crippen LogP contribution in [0.25, 0.3) is 0 Å². The van der Waals surface area contributed by atoms with Crippen LogP contribution in [0.1, 0.15) is 45.1 Å². The third-order valence-electron chi connectivity index (χ3n) is 4.22. The summed E-state index contributed by atoms with van der Waals surface area (Å²) in [6.07, 6.45) is 5.02. The minimum absolute atomic E-state index is 0. The van der Waals surface area contributed by atoms with Crippen LogP contribution in [0, 0.1) is 5.82 Å². The highest BCUT2D eigenvalue weighted by Crippen LogP contribution is 2.23. The summed E-state index contributed by atoms with van der Waals surface area (Å²) in [4.78, 5) is 4.29. The van der Waals surface area contributed by atoms with Gasteiger partial charge in [0.15, 0.2) is 5.96 Å². The Kier molecular flexibility index (Phi) is 7.59. The van der Waals surface area contributed by atoms with Crippen LogP contribution >= 0.6 is 24.0 Å². The maximum Gasteiger partial charge on any atom is 0.191 e. The van der Waals surface area contributed by atoms with Crippen LogP contribution in [0.3, 0.4) is 0 Å². The Morgan fingerprint density at radius 2 is 2.00 bits per heavy atom. The van der Waals surface area contributed by atoms with E-state index in [4.69, 9.17) is 0 Å². The molecule has 5 heteroatoms. The molecular weight excluding hydrogens is 392 g/mol. The van der Waals surface area contributed by atoms with Crippen molar-refractivity contribution in [2.45, 2.75) is 51.0 Å². The first-order valence-electron chi connectivity index (χ1n) is 7.74. The largest absolute Gasteiger partial charge is 0.356 e. The molecule has 0 radical (unpaired) electrons. The molecule has 0 amide bonds. The number of hydrogen-bond acceptors (Lipinski definition) is 1. The van der Waals surface area contributed by atoms with Crippen LogP contribution < -0.4 is 10.6 Å². The number of hydrogen-bond donors (Lipinski definition) is 2. The average Bonchev–Trinajstić information content (AvgIpc) is 2.96. The van der Waals surface area contributed by atoms with Gasteiger partial charge >= 0.3 is 0 Å². The van der Waals surface area contributed by atoms with Crippen molar-refractivity contribution in [1.82, 2.24) is 10.6 Å². The summed E-state index contributed by atoms with van der Waals surface area (Å²) in [5, 5.41) is 6.84. The van der Waals surface area contributed by atoms with Crippen LogP contribution in [0.15, 0.2) is 29.3 Å². The van der Waals surface area contributed by atoms with Crippen molar-refractivity contribution >= 4 is 29.9 Å². The van der Waals surface area contributed by atoms with E-state index >= 15 is 0 Å². The highest BCUT2D eigenvalue weighted by Gasteiger charge is 2.22. The zero-order chi connectivity index (χ0) is 15.3. The van der Waals surface area contributed by atoms with Gasteiger partial charge in [0, 0.05) is 25.0 Å². The highest BCUT2D eigenvalue weighted by molar-refractivity contribution is 14.0. The van der Waals surface area contributed by atoms with E-state index in [0.29, 0.717) is 12.6 Å². The zero-order valence-corrected chi connectivity index (χ0v) is 16.0. The fraction of sp³-hybridized carbons (Fsp3) is 0.588. The molecule has 0 heterocycles. The van der Waals surface area contributed by atoms with Crippen LogP contribution in [-0.4, -0.2) is 25.6 Å². The van der Waals surface area contributed by atoms with Crippen molar-refractivity contribution in [3.8, 4) is 0 Å². The molecule has 3 nitrogen and oxygen atoms in total. The van der Waals surface area contributed by atoms with Crippen molar-refractivity contribution < 1.29 is 4.39 Å². The lowest BCUT2D eigenvalue weighted by atomic mass is 9.84. The van der Waals surface area contributed by atoms with Crippen LogP contribution in [0.5, 0.6) is 0 Å². The molecular formula is C17H27FIN3. The Balaban J connectivity index is 0.00000242. The molecule has 2 rings (SSSR count). The third kappa shape index (κ3) is 5.41. The summed E-state index contributed by atoms with van der Waals surface area (Å²) < 4.78 is 13.4. The van der Waals surface area contributed by atoms with Crippen molar-refractivity contribution in [3.05, 3.63) is 35.6 Å². The Morgan fingerprint density at radius 1 is 1.32 bits per heavy atom. The number of nitrogens with one attached hydrogen (secondary N) is 2. The minimum atomic E-state index is -0.186. The summed E-state index contributed by atoms with van der Waals surface area (Å²) in [6.45, 7) is 4.93. The predicted molar refractivity (Wildman–Crippen MR) is 102 cm³/mol. The van der Waals surface area contributed by atoms with Gasteiger partial charge in [-0.3, -0.25) is 4.99 Å². The smallest absolute Gasteiger partial charge is 0.191 e. The molecule has 1 fully saturated rings. The molecule has 0 bridgehead atoms. The molecule has 0 atom stereocenters. The SMILES string of the molecule is CN=C(NCC(C)(C)c1cccc(F)c1)NC1CCCC1.I. The highest BCUT2D eigenvalue weighted by atomic mass is 127. The molecule has 0 saturated heterocycles. The molecule has 22 heavy (non-hydrogen) atoms. The number of nitrogens with zero attached hydrogens (tertiary/aromatic N) is 1. The lowest BCUT2D eigenvalue weighted by Gasteiger charge is -2.27. The molecule has 2 N–H and O–H groups in total. The van der Waals surface area contributed by atoms with Gasteiger partial charge in [-0.15, -0.1) is 24.0 Å². The first kappa shape index (κ1) is 19.2. The molecule has 124 valence electrons. The van der Waals surface area contributed by atoms with Crippen molar-refractivity contribution in [3.63, 3.8) is 0 Å². The maximum atomic E-state index is 13.4. The summed E-state index contributed by atoms with van der Waals surface area (Å²) in [5.41, 5.74) is 0.835. The molecule has 1 aromatic rings. The van der Waals surface area contributed by atoms with E-state index in [1.165, 1.54) is 31.7 Å². The predicted octanol–water partition coefficient (Wildman–Crippen LogP) is 3.83. The second kappa shape index (κ2) is 8.70. The molecule has 0 unspecified atom stereocenters. The first-order valence-corrected chi connectivity index (χ1v) is 7.74. The first-order chi connectivity index (χ1) is 10.0. The van der Waals surface area contributed by atoms with Crippen molar-refractivity contribution in [2.75, 3.05) is 13.6 Å². The van der Waals surface area contributed by atoms with Gasteiger partial charge in [0.05, 0.1) is 0 Å². The van der Waals surface area contributed by atoms with E-state index in [1.54, 1.807) is 19.2 Å². The normalized spacial score (nSPS) is 16.3. The van der Waals surface area contributed by atoms with E-state index in [2.05, 4.69) is 29.5 Å². The average molecular weight is 419 g/mol. The molecule has 0 aliphatic heterocycles. The summed E-state index contributed by atoms with van der Waals surface area (Å²) in [6, 6.07) is 7.35. The lowest BCUT2D eigenvalue weighted by molar-refractivity contribution is 0.498. The van der Waals surface area contributed by atoms with E-state index in [9.17, 15) is 4.39 Å². The summed E-state index contributed by atoms with van der Waals surface area (Å²) in [7, 11) is 1.79. The number of benzene rings is 1. The Hall–Kier alpha value is -0.850. The lowest BCUT2D eigenvalue weighted by Crippen LogP contribution is -2.46. The van der Waals surface area contributed by atoms with Gasteiger partial charge < -0.3 is 10.6 Å². The minimum Gasteiger partial charge on any atom is -0.356 e. The molecule has 1 aromatic carbocycles.